The molecular formula is C20H22FNO. The molecule has 0 bridgehead atoms. The lowest BCUT2D eigenvalue weighted by molar-refractivity contribution is 0.283. The van der Waals surface area contributed by atoms with Crippen LogP contribution in [-0.2, 0) is 12.0 Å². The monoisotopic (exact) mass is 311 g/mol. The van der Waals surface area contributed by atoms with E-state index in [-0.39, 0.29) is 17.8 Å². The number of aliphatic hydroxyl groups excluding tert-OH is 1. The van der Waals surface area contributed by atoms with Gasteiger partial charge in [0.25, 0.3) is 0 Å². The first kappa shape index (κ1) is 15.8. The summed E-state index contributed by atoms with van der Waals surface area (Å²) in [5, 5.41) is 10.7. The molecule has 3 heteroatoms. The van der Waals surface area contributed by atoms with Gasteiger partial charge in [0.1, 0.15) is 5.82 Å². The van der Waals surface area contributed by atoms with E-state index < -0.39 is 0 Å². The topological polar surface area (TPSA) is 36.0 Å². The van der Waals surface area contributed by atoms with Crippen LogP contribution in [-0.4, -0.2) is 10.1 Å². The standard InChI is InChI=1S/C20H22FNO/c1-3-20(4-2,15-8-10-16(21)11-9-15)18-12-22-19-14(13-23)6-5-7-17(18)19/h5-12,22-23H,3-4,13H2,1-2H3. The molecule has 3 rings (SSSR count). The SMILES string of the molecule is CCC(CC)(c1ccc(F)cc1)c1c[nH]c2c(CO)cccc12. The number of aromatic nitrogens is 1. The number of fused-ring (bicyclic) bond motifs is 1. The van der Waals surface area contributed by atoms with Crippen molar-refractivity contribution in [3.8, 4) is 0 Å². The van der Waals surface area contributed by atoms with Gasteiger partial charge >= 0.3 is 0 Å². The number of para-hydroxylation sites is 1. The number of rotatable bonds is 5. The van der Waals surface area contributed by atoms with E-state index in [1.165, 1.54) is 17.7 Å². The highest BCUT2D eigenvalue weighted by molar-refractivity contribution is 5.87. The second kappa shape index (κ2) is 6.17. The number of hydrogen-bond acceptors (Lipinski definition) is 1. The van der Waals surface area contributed by atoms with Crippen molar-refractivity contribution in [1.29, 1.82) is 0 Å². The maximum atomic E-state index is 13.3. The molecular weight excluding hydrogens is 289 g/mol. The van der Waals surface area contributed by atoms with Gasteiger partial charge in [0, 0.05) is 22.6 Å². The second-order valence-corrected chi connectivity index (χ2v) is 6.00. The van der Waals surface area contributed by atoms with Crippen molar-refractivity contribution in [3.63, 3.8) is 0 Å². The first-order valence-corrected chi connectivity index (χ1v) is 8.12. The number of aromatic amines is 1. The maximum absolute atomic E-state index is 13.3. The van der Waals surface area contributed by atoms with Gasteiger partial charge in [-0.05, 0) is 36.1 Å². The Kier molecular flexibility index (Phi) is 4.22. The fourth-order valence-corrected chi connectivity index (χ4v) is 3.71. The quantitative estimate of drug-likeness (QED) is 0.690. The number of hydrogen-bond donors (Lipinski definition) is 2. The lowest BCUT2D eigenvalue weighted by atomic mass is 9.70. The molecule has 23 heavy (non-hydrogen) atoms. The highest BCUT2D eigenvalue weighted by atomic mass is 19.1. The Hall–Kier alpha value is -2.13. The minimum Gasteiger partial charge on any atom is -0.392 e. The van der Waals surface area contributed by atoms with Crippen LogP contribution in [0, 0.1) is 5.82 Å². The first-order chi connectivity index (χ1) is 11.2. The minimum absolute atomic E-state index is 0.0130. The van der Waals surface area contributed by atoms with Gasteiger partial charge in [-0.15, -0.1) is 0 Å². The molecule has 0 fully saturated rings. The number of H-pyrrole nitrogens is 1. The molecule has 0 unspecified atom stereocenters. The third-order valence-corrected chi connectivity index (χ3v) is 5.09. The Balaban J connectivity index is 2.25. The van der Waals surface area contributed by atoms with Gasteiger partial charge in [0.2, 0.25) is 0 Å². The predicted molar refractivity (Wildman–Crippen MR) is 92.0 cm³/mol. The zero-order valence-electron chi connectivity index (χ0n) is 13.6. The summed E-state index contributed by atoms with van der Waals surface area (Å²) in [5.74, 6) is -0.212. The summed E-state index contributed by atoms with van der Waals surface area (Å²) in [7, 11) is 0. The van der Waals surface area contributed by atoms with E-state index in [9.17, 15) is 9.50 Å². The maximum Gasteiger partial charge on any atom is 0.123 e. The average molecular weight is 311 g/mol. The third kappa shape index (κ3) is 2.45. The zero-order chi connectivity index (χ0) is 16.4. The van der Waals surface area contributed by atoms with Crippen LogP contribution >= 0.6 is 0 Å². The molecule has 0 aliphatic heterocycles. The summed E-state index contributed by atoms with van der Waals surface area (Å²) in [4.78, 5) is 3.33. The van der Waals surface area contributed by atoms with Crippen molar-refractivity contribution < 1.29 is 9.50 Å². The summed E-state index contributed by atoms with van der Waals surface area (Å²) < 4.78 is 13.3. The van der Waals surface area contributed by atoms with E-state index in [0.29, 0.717) is 0 Å². The van der Waals surface area contributed by atoms with Crippen molar-refractivity contribution in [3.05, 3.63) is 71.2 Å². The van der Waals surface area contributed by atoms with Crippen molar-refractivity contribution in [2.45, 2.75) is 38.7 Å². The predicted octanol–water partition coefficient (Wildman–Crippen LogP) is 4.91. The van der Waals surface area contributed by atoms with E-state index in [0.717, 1.165) is 34.9 Å². The van der Waals surface area contributed by atoms with Crippen LogP contribution in [0.2, 0.25) is 0 Å². The molecule has 0 aliphatic carbocycles. The van der Waals surface area contributed by atoms with Crippen LogP contribution in [0.15, 0.2) is 48.7 Å². The van der Waals surface area contributed by atoms with Crippen molar-refractivity contribution in [2.75, 3.05) is 0 Å². The van der Waals surface area contributed by atoms with E-state index >= 15 is 0 Å². The summed E-state index contributed by atoms with van der Waals surface area (Å²) >= 11 is 0. The fourth-order valence-electron chi connectivity index (χ4n) is 3.71. The van der Waals surface area contributed by atoms with Gasteiger partial charge in [0.05, 0.1) is 12.1 Å². The molecule has 2 N–H and O–H groups in total. The largest absolute Gasteiger partial charge is 0.392 e. The summed E-state index contributed by atoms with van der Waals surface area (Å²) in [6, 6.07) is 12.8. The zero-order valence-corrected chi connectivity index (χ0v) is 13.6. The van der Waals surface area contributed by atoms with Crippen LogP contribution in [0.25, 0.3) is 10.9 Å². The van der Waals surface area contributed by atoms with Crippen molar-refractivity contribution in [1.82, 2.24) is 4.98 Å². The minimum atomic E-state index is -0.212. The molecule has 120 valence electrons. The molecule has 3 aromatic rings. The van der Waals surface area contributed by atoms with Crippen LogP contribution in [0.4, 0.5) is 4.39 Å². The lowest BCUT2D eigenvalue weighted by Gasteiger charge is -2.32. The molecule has 1 aromatic heterocycles. The molecule has 2 nitrogen and oxygen atoms in total. The van der Waals surface area contributed by atoms with E-state index in [1.54, 1.807) is 0 Å². The summed E-state index contributed by atoms with van der Waals surface area (Å²) in [6.07, 6.45) is 3.89. The molecule has 1 heterocycles. The number of nitrogens with one attached hydrogen (secondary N) is 1. The second-order valence-electron chi connectivity index (χ2n) is 6.00. The number of benzene rings is 2. The van der Waals surface area contributed by atoms with Gasteiger partial charge in [-0.1, -0.05) is 44.2 Å². The van der Waals surface area contributed by atoms with Crippen LogP contribution < -0.4 is 0 Å². The Morgan fingerprint density at radius 3 is 2.35 bits per heavy atom. The molecule has 0 amide bonds. The van der Waals surface area contributed by atoms with Crippen molar-refractivity contribution >= 4 is 10.9 Å². The smallest absolute Gasteiger partial charge is 0.123 e. The Labute approximate surface area is 136 Å². The molecule has 2 aromatic carbocycles. The van der Waals surface area contributed by atoms with E-state index in [2.05, 4.69) is 24.9 Å². The molecule has 0 saturated carbocycles. The van der Waals surface area contributed by atoms with Crippen LogP contribution in [0.5, 0.6) is 0 Å². The van der Waals surface area contributed by atoms with Gasteiger partial charge in [-0.2, -0.15) is 0 Å². The Morgan fingerprint density at radius 2 is 1.74 bits per heavy atom. The number of halogens is 1. The molecule has 0 saturated heterocycles. The first-order valence-electron chi connectivity index (χ1n) is 8.12. The van der Waals surface area contributed by atoms with E-state index in [4.69, 9.17) is 0 Å². The van der Waals surface area contributed by atoms with E-state index in [1.807, 2.05) is 30.5 Å². The molecule has 0 radical (unpaired) electrons. The van der Waals surface area contributed by atoms with Gasteiger partial charge < -0.3 is 10.1 Å². The normalized spacial score (nSPS) is 12.0. The lowest BCUT2D eigenvalue weighted by Crippen LogP contribution is -2.25. The molecule has 0 aliphatic rings. The third-order valence-electron chi connectivity index (χ3n) is 5.09. The Morgan fingerprint density at radius 1 is 1.04 bits per heavy atom. The molecule has 0 atom stereocenters. The summed E-state index contributed by atoms with van der Waals surface area (Å²) in [5.41, 5.74) is 4.05. The van der Waals surface area contributed by atoms with Gasteiger partial charge in [-0.25, -0.2) is 4.39 Å². The molecule has 0 spiro atoms. The van der Waals surface area contributed by atoms with Gasteiger partial charge in [0.15, 0.2) is 0 Å². The summed E-state index contributed by atoms with van der Waals surface area (Å²) in [6.45, 7) is 4.35. The average Bonchev–Trinajstić information content (AvgIpc) is 3.03. The van der Waals surface area contributed by atoms with Gasteiger partial charge in [-0.3, -0.25) is 0 Å². The highest BCUT2D eigenvalue weighted by Crippen LogP contribution is 2.42. The highest BCUT2D eigenvalue weighted by Gasteiger charge is 2.33. The fraction of sp³-hybridized carbons (Fsp3) is 0.300. The van der Waals surface area contributed by atoms with Crippen LogP contribution in [0.1, 0.15) is 43.4 Å². The Bertz CT molecular complexity index is 800. The van der Waals surface area contributed by atoms with Crippen LogP contribution in [0.3, 0.4) is 0 Å². The number of aliphatic hydroxyl groups is 1. The van der Waals surface area contributed by atoms with Crippen molar-refractivity contribution in [2.24, 2.45) is 0 Å².